The molecule has 1 aliphatic heterocycles. The maximum absolute atomic E-state index is 12.4. The molecule has 26 heavy (non-hydrogen) atoms. The number of hydrogen-bond donors (Lipinski definition) is 2. The molecule has 2 N–H and O–H groups in total. The molecule has 1 saturated heterocycles. The van der Waals surface area contributed by atoms with Crippen molar-refractivity contribution < 1.29 is 9.90 Å². The highest BCUT2D eigenvalue weighted by molar-refractivity contribution is 6.36. The van der Waals surface area contributed by atoms with Crippen LogP contribution in [-0.4, -0.2) is 40.1 Å². The lowest BCUT2D eigenvalue weighted by Gasteiger charge is -2.32. The molecule has 2 aromatic rings. The molecule has 2 heterocycles. The number of carbonyl (C=O) groups is 1. The Morgan fingerprint density at radius 3 is 2.54 bits per heavy atom. The van der Waals surface area contributed by atoms with Gasteiger partial charge in [-0.15, -0.1) is 0 Å². The zero-order chi connectivity index (χ0) is 18.7. The summed E-state index contributed by atoms with van der Waals surface area (Å²) in [6.45, 7) is 3.56. The van der Waals surface area contributed by atoms with Crippen LogP contribution in [0.25, 0.3) is 0 Å². The number of rotatable bonds is 4. The highest BCUT2D eigenvalue weighted by atomic mass is 35.5. The molecule has 0 atom stereocenters. The predicted octanol–water partition coefficient (Wildman–Crippen LogP) is 3.45. The summed E-state index contributed by atoms with van der Waals surface area (Å²) in [5, 5.41) is 13.3. The van der Waals surface area contributed by atoms with E-state index >= 15 is 0 Å². The maximum Gasteiger partial charge on any atom is 0.255 e. The molecule has 138 valence electrons. The number of anilines is 1. The van der Waals surface area contributed by atoms with E-state index in [1.807, 2.05) is 12.4 Å². The number of phenolic OH excluding ortho intramolecular Hbond substituents is 1. The second-order valence-electron chi connectivity index (χ2n) is 6.26. The van der Waals surface area contributed by atoms with Gasteiger partial charge in [0, 0.05) is 36.5 Å². The van der Waals surface area contributed by atoms with E-state index in [0.717, 1.165) is 37.9 Å². The van der Waals surface area contributed by atoms with Crippen molar-refractivity contribution in [3.05, 3.63) is 45.7 Å². The van der Waals surface area contributed by atoms with Crippen LogP contribution in [0.5, 0.6) is 5.75 Å². The second kappa shape index (κ2) is 8.10. The number of nitrogens with one attached hydrogen (secondary N) is 1. The van der Waals surface area contributed by atoms with Crippen LogP contribution < -0.4 is 10.2 Å². The van der Waals surface area contributed by atoms with Gasteiger partial charge in [0.05, 0.1) is 10.6 Å². The Morgan fingerprint density at radius 2 is 1.92 bits per heavy atom. The zero-order valence-corrected chi connectivity index (χ0v) is 15.9. The fourth-order valence-electron chi connectivity index (χ4n) is 2.92. The van der Waals surface area contributed by atoms with Crippen molar-refractivity contribution in [2.45, 2.75) is 32.2 Å². The normalized spacial score (nSPS) is 15.1. The minimum Gasteiger partial charge on any atom is -0.506 e. The number of halogens is 2. The molecule has 0 unspecified atom stereocenters. The minimum atomic E-state index is -0.381. The number of aromatic hydroxyl groups is 1. The van der Waals surface area contributed by atoms with Crippen LogP contribution in [0.2, 0.25) is 10.0 Å². The van der Waals surface area contributed by atoms with Gasteiger partial charge in [-0.1, -0.05) is 30.1 Å². The molecule has 0 aliphatic carbocycles. The number of amides is 1. The van der Waals surface area contributed by atoms with Crippen molar-refractivity contribution in [3.63, 3.8) is 0 Å². The molecule has 0 spiro atoms. The van der Waals surface area contributed by atoms with Crippen molar-refractivity contribution in [3.8, 4) is 5.75 Å². The Bertz CT molecular complexity index is 791. The van der Waals surface area contributed by atoms with Gasteiger partial charge < -0.3 is 15.3 Å². The lowest BCUT2D eigenvalue weighted by Crippen LogP contribution is -2.45. The summed E-state index contributed by atoms with van der Waals surface area (Å²) < 4.78 is 0. The summed E-state index contributed by atoms with van der Waals surface area (Å²) in [6, 6.07) is 2.82. The third-order valence-electron chi connectivity index (χ3n) is 4.49. The Kier molecular flexibility index (Phi) is 5.84. The first-order chi connectivity index (χ1) is 12.5. The summed E-state index contributed by atoms with van der Waals surface area (Å²) in [5.41, 5.74) is 1.19. The molecule has 1 aliphatic rings. The molecular formula is C18H20Cl2N4O2. The van der Waals surface area contributed by atoms with Crippen molar-refractivity contribution in [2.75, 3.05) is 18.0 Å². The number of aromatic nitrogens is 2. The van der Waals surface area contributed by atoms with E-state index in [9.17, 15) is 9.90 Å². The Labute approximate surface area is 162 Å². The monoisotopic (exact) mass is 394 g/mol. The maximum atomic E-state index is 12.4. The molecule has 8 heteroatoms. The molecule has 1 aromatic carbocycles. The first kappa shape index (κ1) is 18.7. The van der Waals surface area contributed by atoms with Crippen molar-refractivity contribution in [1.29, 1.82) is 0 Å². The summed E-state index contributed by atoms with van der Waals surface area (Å²) in [4.78, 5) is 23.3. The van der Waals surface area contributed by atoms with E-state index in [4.69, 9.17) is 23.2 Å². The number of piperidine rings is 1. The van der Waals surface area contributed by atoms with Crippen LogP contribution in [0.4, 0.5) is 5.95 Å². The van der Waals surface area contributed by atoms with Gasteiger partial charge in [-0.25, -0.2) is 9.97 Å². The highest BCUT2D eigenvalue weighted by Gasteiger charge is 2.24. The Morgan fingerprint density at radius 1 is 1.27 bits per heavy atom. The smallest absolute Gasteiger partial charge is 0.255 e. The molecule has 0 radical (unpaired) electrons. The quantitative estimate of drug-likeness (QED) is 0.829. The fourth-order valence-corrected chi connectivity index (χ4v) is 3.41. The van der Waals surface area contributed by atoms with Crippen molar-refractivity contribution in [1.82, 2.24) is 15.3 Å². The average Bonchev–Trinajstić information content (AvgIpc) is 2.65. The lowest BCUT2D eigenvalue weighted by atomic mass is 10.0. The number of phenols is 1. The van der Waals surface area contributed by atoms with E-state index in [2.05, 4.69) is 27.1 Å². The number of benzene rings is 1. The SMILES string of the molecule is CCc1cnc(N2CCC(NC(=O)c3cc(Cl)cc(Cl)c3O)CC2)nc1. The highest BCUT2D eigenvalue weighted by Crippen LogP contribution is 2.31. The van der Waals surface area contributed by atoms with Gasteiger partial charge in [0.2, 0.25) is 5.95 Å². The van der Waals surface area contributed by atoms with Crippen molar-refractivity contribution >= 4 is 35.1 Å². The van der Waals surface area contributed by atoms with Gasteiger partial charge in [-0.05, 0) is 37.0 Å². The number of carbonyl (C=O) groups excluding carboxylic acids is 1. The molecule has 0 saturated carbocycles. The van der Waals surface area contributed by atoms with Gasteiger partial charge in [0.15, 0.2) is 0 Å². The molecule has 3 rings (SSSR count). The number of nitrogens with zero attached hydrogens (tertiary/aromatic N) is 3. The van der Waals surface area contributed by atoms with E-state index in [1.165, 1.54) is 12.1 Å². The predicted molar refractivity (Wildman–Crippen MR) is 102 cm³/mol. The number of hydrogen-bond acceptors (Lipinski definition) is 5. The number of aryl methyl sites for hydroxylation is 1. The average molecular weight is 395 g/mol. The lowest BCUT2D eigenvalue weighted by molar-refractivity contribution is 0.0928. The van der Waals surface area contributed by atoms with Crippen LogP contribution >= 0.6 is 23.2 Å². The summed E-state index contributed by atoms with van der Waals surface area (Å²) >= 11 is 11.8. The standard InChI is InChI=1S/C18H20Cl2N4O2/c1-2-11-9-21-18(22-10-11)24-5-3-13(4-6-24)23-17(26)14-7-12(19)8-15(20)16(14)25/h7-10,13,25H,2-6H2,1H3,(H,23,26). The van der Waals surface area contributed by atoms with Gasteiger partial charge in [0.1, 0.15) is 5.75 Å². The fraction of sp³-hybridized carbons (Fsp3) is 0.389. The zero-order valence-electron chi connectivity index (χ0n) is 14.4. The molecule has 0 bridgehead atoms. The van der Waals surface area contributed by atoms with Crippen LogP contribution in [0, 0.1) is 0 Å². The Balaban J connectivity index is 1.59. The van der Waals surface area contributed by atoms with Gasteiger partial charge in [0.25, 0.3) is 5.91 Å². The summed E-state index contributed by atoms with van der Waals surface area (Å²) in [5.74, 6) is 0.0792. The molecule has 6 nitrogen and oxygen atoms in total. The topological polar surface area (TPSA) is 78.4 Å². The summed E-state index contributed by atoms with van der Waals surface area (Å²) in [6.07, 6.45) is 6.14. The Hall–Kier alpha value is -2.05. The van der Waals surface area contributed by atoms with Gasteiger partial charge in [-0.2, -0.15) is 0 Å². The summed E-state index contributed by atoms with van der Waals surface area (Å²) in [7, 11) is 0. The largest absolute Gasteiger partial charge is 0.506 e. The minimum absolute atomic E-state index is 0.00539. The van der Waals surface area contributed by atoms with Crippen molar-refractivity contribution in [2.24, 2.45) is 0 Å². The van der Waals surface area contributed by atoms with E-state index in [0.29, 0.717) is 11.0 Å². The molecule has 1 amide bonds. The first-order valence-electron chi connectivity index (χ1n) is 8.52. The van der Waals surface area contributed by atoms with Crippen LogP contribution in [0.3, 0.4) is 0 Å². The van der Waals surface area contributed by atoms with Crippen LogP contribution in [-0.2, 0) is 6.42 Å². The van der Waals surface area contributed by atoms with Crippen LogP contribution in [0.15, 0.2) is 24.5 Å². The molecule has 1 aromatic heterocycles. The molecular weight excluding hydrogens is 375 g/mol. The molecule has 1 fully saturated rings. The van der Waals surface area contributed by atoms with E-state index in [1.54, 1.807) is 0 Å². The third kappa shape index (κ3) is 4.19. The van der Waals surface area contributed by atoms with Gasteiger partial charge in [-0.3, -0.25) is 4.79 Å². The van der Waals surface area contributed by atoms with Gasteiger partial charge >= 0.3 is 0 Å². The van der Waals surface area contributed by atoms with E-state index in [-0.39, 0.29) is 28.3 Å². The third-order valence-corrected chi connectivity index (χ3v) is 4.99. The first-order valence-corrected chi connectivity index (χ1v) is 9.28. The van der Waals surface area contributed by atoms with Crippen LogP contribution in [0.1, 0.15) is 35.7 Å². The van der Waals surface area contributed by atoms with E-state index < -0.39 is 0 Å². The second-order valence-corrected chi connectivity index (χ2v) is 7.11.